The zero-order valence-electron chi connectivity index (χ0n) is 16.2. The number of fused-ring (bicyclic) bond motifs is 1. The molecule has 2 aromatic carbocycles. The van der Waals surface area contributed by atoms with Crippen LogP contribution in [-0.4, -0.2) is 20.9 Å². The van der Waals surface area contributed by atoms with Gasteiger partial charge in [0.2, 0.25) is 5.91 Å². The van der Waals surface area contributed by atoms with Crippen LogP contribution in [0.4, 0.5) is 10.1 Å². The summed E-state index contributed by atoms with van der Waals surface area (Å²) in [6, 6.07) is 8.76. The summed E-state index contributed by atoms with van der Waals surface area (Å²) in [6.45, 7) is 5.68. The van der Waals surface area contributed by atoms with Gasteiger partial charge in [-0.3, -0.25) is 4.79 Å². The molecule has 2 atom stereocenters. The monoisotopic (exact) mass is 406 g/mol. The van der Waals surface area contributed by atoms with Crippen molar-refractivity contribution in [2.24, 2.45) is 5.92 Å². The van der Waals surface area contributed by atoms with Gasteiger partial charge in [0.15, 0.2) is 0 Å². The highest BCUT2D eigenvalue weighted by atomic mass is 32.1. The van der Waals surface area contributed by atoms with E-state index in [1.165, 1.54) is 6.07 Å². The summed E-state index contributed by atoms with van der Waals surface area (Å²) in [5, 5.41) is 2.88. The van der Waals surface area contributed by atoms with Gasteiger partial charge in [-0.2, -0.15) is 0 Å². The fourth-order valence-corrected chi connectivity index (χ4v) is 4.77. The molecule has 146 valence electrons. The van der Waals surface area contributed by atoms with E-state index in [0.717, 1.165) is 38.5 Å². The molecular weight excluding hydrogens is 387 g/mol. The molecular formula is C22H19FN4OS. The lowest BCUT2D eigenvalue weighted by atomic mass is 9.80. The molecule has 3 heterocycles. The Hall–Kier alpha value is -3.06. The second-order valence-electron chi connectivity index (χ2n) is 7.49. The van der Waals surface area contributed by atoms with E-state index in [0.29, 0.717) is 5.56 Å². The van der Waals surface area contributed by atoms with Gasteiger partial charge in [-0.15, -0.1) is 11.3 Å². The van der Waals surface area contributed by atoms with Crippen LogP contribution in [0.1, 0.15) is 29.1 Å². The van der Waals surface area contributed by atoms with Crippen LogP contribution < -0.4 is 4.90 Å². The van der Waals surface area contributed by atoms with Crippen LogP contribution >= 0.6 is 11.3 Å². The third-order valence-corrected chi connectivity index (χ3v) is 6.38. The maximum Gasteiger partial charge on any atom is 0.232 e. The summed E-state index contributed by atoms with van der Waals surface area (Å²) in [5.41, 5.74) is 5.35. The van der Waals surface area contributed by atoms with E-state index < -0.39 is 0 Å². The van der Waals surface area contributed by atoms with E-state index in [1.807, 2.05) is 50.4 Å². The molecule has 7 heteroatoms. The van der Waals surface area contributed by atoms with Crippen molar-refractivity contribution in [2.75, 3.05) is 4.90 Å². The number of aromatic nitrogens is 3. The molecule has 0 saturated carbocycles. The number of rotatable bonds is 3. The first-order valence-electron chi connectivity index (χ1n) is 9.43. The maximum atomic E-state index is 15.3. The van der Waals surface area contributed by atoms with Crippen LogP contribution in [0.5, 0.6) is 0 Å². The summed E-state index contributed by atoms with van der Waals surface area (Å²) in [4.78, 5) is 26.1. The molecule has 1 fully saturated rings. The minimum atomic E-state index is -0.339. The topological polar surface area (TPSA) is 61.9 Å². The smallest absolute Gasteiger partial charge is 0.232 e. The first kappa shape index (κ1) is 18.0. The number of halogens is 1. The Labute approximate surface area is 171 Å². The molecule has 1 aliphatic rings. The average Bonchev–Trinajstić information content (AvgIpc) is 3.34. The number of hydrogen-bond donors (Lipinski definition) is 1. The average molecular weight is 406 g/mol. The lowest BCUT2D eigenvalue weighted by molar-refractivity contribution is -0.129. The molecule has 0 aliphatic carbocycles. The minimum absolute atomic E-state index is 0.00753. The number of amides is 1. The second kappa shape index (κ2) is 6.49. The highest BCUT2D eigenvalue weighted by molar-refractivity contribution is 7.09. The second-order valence-corrected chi connectivity index (χ2v) is 8.55. The van der Waals surface area contributed by atoms with E-state index in [4.69, 9.17) is 0 Å². The number of benzene rings is 2. The number of nitrogens with zero attached hydrogens (tertiary/aromatic N) is 3. The molecule has 5 nitrogen and oxygen atoms in total. The third-order valence-electron chi connectivity index (χ3n) is 5.61. The minimum Gasteiger partial charge on any atom is -0.345 e. The van der Waals surface area contributed by atoms with Gasteiger partial charge < -0.3 is 9.88 Å². The first-order chi connectivity index (χ1) is 13.9. The van der Waals surface area contributed by atoms with Gasteiger partial charge in [-0.1, -0.05) is 6.92 Å². The molecule has 0 unspecified atom stereocenters. The van der Waals surface area contributed by atoms with Crippen molar-refractivity contribution in [2.45, 2.75) is 26.8 Å². The van der Waals surface area contributed by atoms with Crippen molar-refractivity contribution in [3.63, 3.8) is 0 Å². The van der Waals surface area contributed by atoms with Crippen molar-refractivity contribution >= 4 is 34.0 Å². The molecule has 1 N–H and O–H groups in total. The molecule has 0 radical (unpaired) electrons. The van der Waals surface area contributed by atoms with Crippen LogP contribution in [0, 0.1) is 25.6 Å². The number of aryl methyl sites for hydroxylation is 2. The Bertz CT molecular complexity index is 1240. The Morgan fingerprint density at radius 1 is 1.21 bits per heavy atom. The van der Waals surface area contributed by atoms with Gasteiger partial charge in [0.05, 0.1) is 40.0 Å². The number of anilines is 1. The lowest BCUT2D eigenvalue weighted by Crippen LogP contribution is -2.54. The lowest BCUT2D eigenvalue weighted by Gasteiger charge is -2.46. The number of β-lactam (4-membered cyclic amide) rings is 1. The van der Waals surface area contributed by atoms with Gasteiger partial charge >= 0.3 is 0 Å². The van der Waals surface area contributed by atoms with Crippen LogP contribution in [0.25, 0.3) is 22.3 Å². The number of aromatic amines is 1. The highest BCUT2D eigenvalue weighted by Gasteiger charge is 2.47. The number of H-pyrrole nitrogens is 1. The van der Waals surface area contributed by atoms with Crippen LogP contribution in [-0.2, 0) is 4.79 Å². The van der Waals surface area contributed by atoms with E-state index in [1.54, 1.807) is 22.6 Å². The molecule has 0 bridgehead atoms. The van der Waals surface area contributed by atoms with E-state index >= 15 is 4.39 Å². The molecule has 1 saturated heterocycles. The molecule has 1 amide bonds. The van der Waals surface area contributed by atoms with Gasteiger partial charge in [0, 0.05) is 22.2 Å². The summed E-state index contributed by atoms with van der Waals surface area (Å²) < 4.78 is 15.3. The Balaban J connectivity index is 1.57. The van der Waals surface area contributed by atoms with Crippen LogP contribution in [0.15, 0.2) is 42.0 Å². The highest BCUT2D eigenvalue weighted by Crippen LogP contribution is 2.46. The molecule has 29 heavy (non-hydrogen) atoms. The van der Waals surface area contributed by atoms with Gasteiger partial charge in [0.1, 0.15) is 5.82 Å². The Morgan fingerprint density at radius 3 is 2.76 bits per heavy atom. The van der Waals surface area contributed by atoms with Gasteiger partial charge in [0.25, 0.3) is 0 Å². The Morgan fingerprint density at radius 2 is 2.03 bits per heavy atom. The maximum absolute atomic E-state index is 15.3. The number of thiazole rings is 1. The number of imidazole rings is 1. The van der Waals surface area contributed by atoms with E-state index in [2.05, 4.69) is 15.0 Å². The summed E-state index contributed by atoms with van der Waals surface area (Å²) in [7, 11) is 0. The first-order valence-corrected chi connectivity index (χ1v) is 10.3. The number of nitrogens with one attached hydrogen (secondary N) is 1. The quantitative estimate of drug-likeness (QED) is 0.478. The van der Waals surface area contributed by atoms with Gasteiger partial charge in [-0.05, 0) is 49.7 Å². The van der Waals surface area contributed by atoms with Gasteiger partial charge in [-0.25, -0.2) is 14.4 Å². The van der Waals surface area contributed by atoms with E-state index in [9.17, 15) is 4.79 Å². The standard InChI is InChI=1S/C22H19FN4OS/c1-11-6-14(19-9-29-13(3)26-19)7-16(23)20(11)21-12(2)22(28)27(21)15-4-5-17-18(8-15)25-10-24-17/h4-10,12,21H,1-3H3,(H,24,25)/t12-,21-/m1/s1. The van der Waals surface area contributed by atoms with Crippen molar-refractivity contribution in [1.82, 2.24) is 15.0 Å². The summed E-state index contributed by atoms with van der Waals surface area (Å²) >= 11 is 1.54. The fourth-order valence-electron chi connectivity index (χ4n) is 4.15. The van der Waals surface area contributed by atoms with Crippen molar-refractivity contribution in [3.8, 4) is 11.3 Å². The zero-order chi connectivity index (χ0) is 20.3. The molecule has 2 aromatic heterocycles. The van der Waals surface area contributed by atoms with Crippen LogP contribution in [0.2, 0.25) is 0 Å². The fraction of sp³-hybridized carbons (Fsp3) is 0.227. The van der Waals surface area contributed by atoms with Crippen molar-refractivity contribution in [1.29, 1.82) is 0 Å². The number of carbonyl (C=O) groups excluding carboxylic acids is 1. The SMILES string of the molecule is Cc1nc(-c2cc(C)c([C@H]3[C@@H](C)C(=O)N3c3ccc4nc[nH]c4c3)c(F)c2)cs1. The van der Waals surface area contributed by atoms with Crippen molar-refractivity contribution < 1.29 is 9.18 Å². The third kappa shape index (κ3) is 2.76. The molecule has 5 rings (SSSR count). The van der Waals surface area contributed by atoms with E-state index in [-0.39, 0.29) is 23.7 Å². The zero-order valence-corrected chi connectivity index (χ0v) is 17.0. The van der Waals surface area contributed by atoms with Crippen molar-refractivity contribution in [3.05, 3.63) is 64.0 Å². The molecule has 0 spiro atoms. The number of hydrogen-bond acceptors (Lipinski definition) is 4. The Kier molecular flexibility index (Phi) is 4.03. The predicted octanol–water partition coefficient (Wildman–Crippen LogP) is 5.17. The van der Waals surface area contributed by atoms with Crippen LogP contribution in [0.3, 0.4) is 0 Å². The summed E-state index contributed by atoms with van der Waals surface area (Å²) in [6.07, 6.45) is 1.62. The predicted molar refractivity (Wildman–Crippen MR) is 112 cm³/mol. The molecule has 4 aromatic rings. The normalized spacial score (nSPS) is 19.0. The molecule has 1 aliphatic heterocycles. The number of carbonyl (C=O) groups is 1. The summed E-state index contributed by atoms with van der Waals surface area (Å²) in [5.74, 6) is -0.595. The largest absolute Gasteiger partial charge is 0.345 e.